The second-order valence-corrected chi connectivity index (χ2v) is 6.14. The van der Waals surface area contributed by atoms with Gasteiger partial charge in [0.05, 0.1) is 17.9 Å². The van der Waals surface area contributed by atoms with E-state index in [-0.39, 0.29) is 30.5 Å². The van der Waals surface area contributed by atoms with Crippen molar-refractivity contribution in [3.05, 3.63) is 34.5 Å². The van der Waals surface area contributed by atoms with Crippen LogP contribution in [-0.4, -0.2) is 22.7 Å². The van der Waals surface area contributed by atoms with Crippen LogP contribution >= 0.6 is 0 Å². The summed E-state index contributed by atoms with van der Waals surface area (Å²) in [5.41, 5.74) is -0.721. The highest BCUT2D eigenvalue weighted by molar-refractivity contribution is 5.93. The topological polar surface area (TPSA) is 62.3 Å². The number of benzene rings is 1. The molecule has 24 heavy (non-hydrogen) atoms. The van der Waals surface area contributed by atoms with Crippen molar-refractivity contribution in [3.8, 4) is 0 Å². The number of ether oxygens (including phenoxy) is 1. The molecule has 7 heteroatoms. The van der Waals surface area contributed by atoms with Gasteiger partial charge in [0.2, 0.25) is 5.60 Å². The number of H-pyrrole nitrogens is 1. The van der Waals surface area contributed by atoms with Crippen LogP contribution in [0, 0.1) is 6.92 Å². The Morgan fingerprint density at radius 1 is 1.42 bits per heavy atom. The molecular weight excluding hydrogens is 323 g/mol. The molecule has 1 aliphatic heterocycles. The van der Waals surface area contributed by atoms with Crippen LogP contribution < -0.4 is 0 Å². The van der Waals surface area contributed by atoms with Crippen molar-refractivity contribution >= 4 is 16.9 Å². The van der Waals surface area contributed by atoms with E-state index in [4.69, 9.17) is 4.74 Å². The first-order valence-corrected chi connectivity index (χ1v) is 7.81. The molecule has 0 radical (unpaired) electrons. The predicted molar refractivity (Wildman–Crippen MR) is 81.9 cm³/mol. The summed E-state index contributed by atoms with van der Waals surface area (Å²) in [6.45, 7) is 3.60. The van der Waals surface area contributed by atoms with Crippen LogP contribution in [0.15, 0.2) is 12.1 Å². The van der Waals surface area contributed by atoms with E-state index in [1.54, 1.807) is 6.92 Å². The molecule has 0 aliphatic carbocycles. The number of aromatic amines is 1. The Kier molecular flexibility index (Phi) is 3.86. The number of carboxylic acids is 1. The third-order valence-corrected chi connectivity index (χ3v) is 4.62. The summed E-state index contributed by atoms with van der Waals surface area (Å²) in [5, 5.41) is 9.79. The maximum atomic E-state index is 13.4. The quantitative estimate of drug-likeness (QED) is 0.882. The SMILES string of the molecule is CCCC1(C(=O)O)OCCc2c1[nH]c1c(C)ccc(C(F)(F)F)c21. The number of hydrogen-bond donors (Lipinski definition) is 2. The molecule has 2 aromatic rings. The smallest absolute Gasteiger partial charge is 0.417 e. The molecule has 1 aromatic heterocycles. The summed E-state index contributed by atoms with van der Waals surface area (Å²) in [5.74, 6) is -1.18. The van der Waals surface area contributed by atoms with E-state index in [0.717, 1.165) is 6.07 Å². The summed E-state index contributed by atoms with van der Waals surface area (Å²) < 4.78 is 45.9. The van der Waals surface area contributed by atoms with Crippen molar-refractivity contribution in [2.75, 3.05) is 6.61 Å². The molecule has 1 aromatic carbocycles. The number of fused-ring (bicyclic) bond motifs is 3. The third-order valence-electron chi connectivity index (χ3n) is 4.62. The number of aromatic nitrogens is 1. The molecule has 0 fully saturated rings. The third kappa shape index (κ3) is 2.30. The van der Waals surface area contributed by atoms with Gasteiger partial charge < -0.3 is 14.8 Å². The van der Waals surface area contributed by atoms with Gasteiger partial charge in [0.25, 0.3) is 0 Å². The van der Waals surface area contributed by atoms with Gasteiger partial charge in [-0.05, 0) is 37.0 Å². The van der Waals surface area contributed by atoms with E-state index >= 15 is 0 Å². The van der Waals surface area contributed by atoms with Crippen molar-refractivity contribution in [1.29, 1.82) is 0 Å². The number of nitrogens with one attached hydrogen (secondary N) is 1. The van der Waals surface area contributed by atoms with E-state index < -0.39 is 23.3 Å². The van der Waals surface area contributed by atoms with Crippen LogP contribution in [0.3, 0.4) is 0 Å². The Bertz CT molecular complexity index is 809. The normalized spacial score (nSPS) is 21.0. The van der Waals surface area contributed by atoms with E-state index in [1.807, 2.05) is 6.92 Å². The number of alkyl halides is 3. The fourth-order valence-electron chi connectivity index (χ4n) is 3.56. The molecule has 4 nitrogen and oxygen atoms in total. The lowest BCUT2D eigenvalue weighted by atomic mass is 9.86. The monoisotopic (exact) mass is 341 g/mol. The second kappa shape index (κ2) is 5.51. The number of aliphatic carboxylic acids is 1. The Balaban J connectivity index is 2.38. The summed E-state index contributed by atoms with van der Waals surface area (Å²) >= 11 is 0. The van der Waals surface area contributed by atoms with Gasteiger partial charge in [-0.2, -0.15) is 13.2 Å². The molecule has 2 heterocycles. The lowest BCUT2D eigenvalue weighted by Crippen LogP contribution is -2.43. The average Bonchev–Trinajstić information content (AvgIpc) is 2.88. The molecule has 3 rings (SSSR count). The minimum atomic E-state index is -4.50. The molecule has 0 bridgehead atoms. The minimum absolute atomic E-state index is 0.0718. The maximum Gasteiger partial charge on any atom is 0.417 e. The molecule has 0 saturated heterocycles. The van der Waals surface area contributed by atoms with Crippen molar-refractivity contribution in [1.82, 2.24) is 4.98 Å². The number of rotatable bonds is 3. The highest BCUT2D eigenvalue weighted by Gasteiger charge is 2.47. The zero-order chi connectivity index (χ0) is 17.7. The molecule has 1 aliphatic rings. The Morgan fingerprint density at radius 3 is 2.71 bits per heavy atom. The molecule has 1 atom stereocenters. The Morgan fingerprint density at radius 2 is 2.12 bits per heavy atom. The van der Waals surface area contributed by atoms with Gasteiger partial charge in [0.1, 0.15) is 0 Å². The Hall–Kier alpha value is -2.02. The predicted octanol–water partition coefficient (Wildman–Crippen LogP) is 4.15. The first-order valence-electron chi connectivity index (χ1n) is 7.81. The zero-order valence-corrected chi connectivity index (χ0v) is 13.4. The van der Waals surface area contributed by atoms with Crippen LogP contribution in [0.1, 0.15) is 42.1 Å². The average molecular weight is 341 g/mol. The van der Waals surface area contributed by atoms with Crippen molar-refractivity contribution in [2.45, 2.75) is 44.9 Å². The van der Waals surface area contributed by atoms with E-state index in [9.17, 15) is 23.1 Å². The lowest BCUT2D eigenvalue weighted by molar-refractivity contribution is -0.171. The first-order chi connectivity index (χ1) is 11.2. The van der Waals surface area contributed by atoms with Crippen LogP contribution in [0.5, 0.6) is 0 Å². The van der Waals surface area contributed by atoms with E-state index in [0.29, 0.717) is 23.1 Å². The zero-order valence-electron chi connectivity index (χ0n) is 13.4. The summed E-state index contributed by atoms with van der Waals surface area (Å²) in [4.78, 5) is 14.9. The summed E-state index contributed by atoms with van der Waals surface area (Å²) in [6.07, 6.45) is -3.52. The van der Waals surface area contributed by atoms with Crippen molar-refractivity contribution in [2.24, 2.45) is 0 Å². The summed E-state index contributed by atoms with van der Waals surface area (Å²) in [6, 6.07) is 2.46. The molecule has 2 N–H and O–H groups in total. The van der Waals surface area contributed by atoms with Crippen molar-refractivity contribution in [3.63, 3.8) is 0 Å². The van der Waals surface area contributed by atoms with Crippen LogP contribution in [0.2, 0.25) is 0 Å². The Labute approximate surface area is 136 Å². The lowest BCUT2D eigenvalue weighted by Gasteiger charge is -2.33. The highest BCUT2D eigenvalue weighted by Crippen LogP contribution is 2.45. The standard InChI is InChI=1S/C17H18F3NO3/c1-3-7-16(15(22)23)14-10(6-8-24-16)12-11(17(18,19)20)5-4-9(2)13(12)21-14/h4-5,21H,3,6-8H2,1-2H3,(H,22,23). The number of hydrogen-bond acceptors (Lipinski definition) is 2. The first kappa shape index (κ1) is 16.8. The number of carboxylic acid groups (broad SMARTS) is 1. The number of aryl methyl sites for hydroxylation is 1. The molecule has 0 saturated carbocycles. The van der Waals surface area contributed by atoms with Gasteiger partial charge in [-0.3, -0.25) is 0 Å². The van der Waals surface area contributed by atoms with Crippen LogP contribution in [0.25, 0.3) is 10.9 Å². The molecule has 1 unspecified atom stereocenters. The van der Waals surface area contributed by atoms with Gasteiger partial charge in [0, 0.05) is 10.9 Å². The van der Waals surface area contributed by atoms with Crippen LogP contribution in [-0.2, 0) is 27.7 Å². The van der Waals surface area contributed by atoms with Gasteiger partial charge >= 0.3 is 12.1 Å². The maximum absolute atomic E-state index is 13.4. The van der Waals surface area contributed by atoms with Gasteiger partial charge in [-0.1, -0.05) is 19.4 Å². The highest BCUT2D eigenvalue weighted by atomic mass is 19.4. The van der Waals surface area contributed by atoms with Gasteiger partial charge in [-0.15, -0.1) is 0 Å². The van der Waals surface area contributed by atoms with E-state index in [2.05, 4.69) is 4.98 Å². The fraction of sp³-hybridized carbons (Fsp3) is 0.471. The van der Waals surface area contributed by atoms with Crippen molar-refractivity contribution < 1.29 is 27.8 Å². The number of carbonyl (C=O) groups is 1. The van der Waals surface area contributed by atoms with Gasteiger partial charge in [0.15, 0.2) is 0 Å². The van der Waals surface area contributed by atoms with Gasteiger partial charge in [-0.25, -0.2) is 4.79 Å². The van der Waals surface area contributed by atoms with E-state index in [1.165, 1.54) is 6.07 Å². The molecular formula is C17H18F3NO3. The molecule has 0 spiro atoms. The molecule has 0 amide bonds. The van der Waals surface area contributed by atoms with Crippen LogP contribution in [0.4, 0.5) is 13.2 Å². The fourth-order valence-corrected chi connectivity index (χ4v) is 3.56. The second-order valence-electron chi connectivity index (χ2n) is 6.14. The molecule has 130 valence electrons. The minimum Gasteiger partial charge on any atom is -0.479 e. The largest absolute Gasteiger partial charge is 0.479 e. The number of halogens is 3. The summed E-state index contributed by atoms with van der Waals surface area (Å²) in [7, 11) is 0.